The molecule has 98 valence electrons. The highest BCUT2D eigenvalue weighted by atomic mass is 79.9. The zero-order valence-electron chi connectivity index (χ0n) is 9.49. The second-order valence-corrected chi connectivity index (χ2v) is 5.09. The molecule has 1 aliphatic heterocycles. The van der Waals surface area contributed by atoms with Crippen LogP contribution in [0.4, 0.5) is 10.2 Å². The van der Waals surface area contributed by atoms with Crippen LogP contribution in [0.15, 0.2) is 22.8 Å². The first-order valence-corrected chi connectivity index (χ1v) is 6.28. The summed E-state index contributed by atoms with van der Waals surface area (Å²) in [5, 5.41) is 14.2. The van der Waals surface area contributed by atoms with Gasteiger partial charge in [-0.1, -0.05) is 6.07 Å². The largest absolute Gasteiger partial charge is 0.393 e. The first-order valence-electron chi connectivity index (χ1n) is 5.49. The molecule has 0 bridgehead atoms. The summed E-state index contributed by atoms with van der Waals surface area (Å²) in [5.74, 6) is 0.0464. The molecule has 2 rings (SSSR count). The third-order valence-corrected chi connectivity index (χ3v) is 3.24. The predicted molar refractivity (Wildman–Crippen MR) is 67.9 cm³/mol. The van der Waals surface area contributed by atoms with Gasteiger partial charge < -0.3 is 15.7 Å². The van der Waals surface area contributed by atoms with E-state index in [1.807, 2.05) is 0 Å². The average Bonchev–Trinajstić information content (AvgIpc) is 2.73. The topological polar surface area (TPSA) is 74.2 Å². The van der Waals surface area contributed by atoms with Crippen LogP contribution < -0.4 is 10.6 Å². The van der Waals surface area contributed by atoms with E-state index in [4.69, 9.17) is 5.11 Å². The van der Waals surface area contributed by atoms with Gasteiger partial charge in [-0.3, -0.25) is 4.79 Å². The Kier molecular flexibility index (Phi) is 3.94. The second-order valence-electron chi connectivity index (χ2n) is 4.28. The Morgan fingerprint density at radius 2 is 2.50 bits per heavy atom. The summed E-state index contributed by atoms with van der Waals surface area (Å²) in [6, 6.07) is 4.47. The van der Waals surface area contributed by atoms with E-state index in [0.29, 0.717) is 10.4 Å². The first kappa shape index (κ1) is 13.4. The number of rotatable bonds is 3. The Morgan fingerprint density at radius 3 is 3.11 bits per heavy atom. The molecule has 0 unspecified atom stereocenters. The van der Waals surface area contributed by atoms with E-state index in [0.717, 1.165) is 0 Å². The monoisotopic (exact) mass is 317 g/mol. The highest BCUT2D eigenvalue weighted by Gasteiger charge is 2.41. The number of nitrogens with one attached hydrogen (secondary N) is 2. The molecule has 7 heteroatoms. The van der Waals surface area contributed by atoms with Gasteiger partial charge in [0, 0.05) is 13.0 Å². The van der Waals surface area contributed by atoms with Crippen molar-refractivity contribution >= 4 is 27.7 Å². The Hall–Kier alpha value is -1.05. The molecule has 1 aromatic heterocycles. The van der Waals surface area contributed by atoms with Crippen LogP contribution in [0.1, 0.15) is 6.42 Å². The zero-order valence-corrected chi connectivity index (χ0v) is 11.1. The highest BCUT2D eigenvalue weighted by Crippen LogP contribution is 2.24. The normalized spacial score (nSPS) is 27.2. The number of aromatic nitrogens is 1. The Morgan fingerprint density at radius 1 is 1.72 bits per heavy atom. The summed E-state index contributed by atoms with van der Waals surface area (Å²) in [5.41, 5.74) is -1.72. The van der Waals surface area contributed by atoms with E-state index >= 15 is 0 Å². The lowest BCUT2D eigenvalue weighted by molar-refractivity contribution is -0.118. The molecule has 0 saturated carbocycles. The molecule has 5 nitrogen and oxygen atoms in total. The van der Waals surface area contributed by atoms with Gasteiger partial charge in [0.1, 0.15) is 16.1 Å². The van der Waals surface area contributed by atoms with Gasteiger partial charge in [-0.05, 0) is 28.1 Å². The minimum Gasteiger partial charge on any atom is -0.393 e. The van der Waals surface area contributed by atoms with Gasteiger partial charge in [0.25, 0.3) is 0 Å². The highest BCUT2D eigenvalue weighted by molar-refractivity contribution is 9.10. The second kappa shape index (κ2) is 5.29. The van der Waals surface area contributed by atoms with E-state index in [9.17, 15) is 9.18 Å². The number of carbonyl (C=O) groups excluding carboxylic acids is 1. The van der Waals surface area contributed by atoms with Crippen molar-refractivity contribution in [2.45, 2.75) is 18.1 Å². The van der Waals surface area contributed by atoms with E-state index in [1.165, 1.54) is 0 Å². The fourth-order valence-corrected chi connectivity index (χ4v) is 2.16. The van der Waals surface area contributed by atoms with Crippen LogP contribution in [0.5, 0.6) is 0 Å². The molecule has 1 fully saturated rings. The number of pyridine rings is 1. The van der Waals surface area contributed by atoms with Crippen molar-refractivity contribution in [1.29, 1.82) is 0 Å². The maximum absolute atomic E-state index is 13.7. The SMILES string of the molecule is O=C(Nc1cccc(Br)n1)[C@@H]1C[C@](F)(CO)CN1. The minimum absolute atomic E-state index is 0.0203. The van der Waals surface area contributed by atoms with Gasteiger partial charge in [0.15, 0.2) is 0 Å². The van der Waals surface area contributed by atoms with Crippen LogP contribution in [-0.4, -0.2) is 40.9 Å². The van der Waals surface area contributed by atoms with E-state index in [-0.39, 0.29) is 18.9 Å². The maximum atomic E-state index is 13.7. The number of aliphatic hydroxyl groups excluding tert-OH is 1. The van der Waals surface area contributed by atoms with E-state index in [1.54, 1.807) is 18.2 Å². The van der Waals surface area contributed by atoms with Crippen molar-refractivity contribution < 1.29 is 14.3 Å². The third kappa shape index (κ3) is 3.04. The summed E-state index contributed by atoms with van der Waals surface area (Å²) < 4.78 is 14.3. The lowest BCUT2D eigenvalue weighted by atomic mass is 10.0. The van der Waals surface area contributed by atoms with Gasteiger partial charge in [-0.15, -0.1) is 0 Å². The Bertz CT molecular complexity index is 460. The van der Waals surface area contributed by atoms with Gasteiger partial charge in [-0.2, -0.15) is 0 Å². The molecular formula is C11H13BrFN3O2. The molecule has 18 heavy (non-hydrogen) atoms. The van der Waals surface area contributed by atoms with E-state index < -0.39 is 18.3 Å². The summed E-state index contributed by atoms with van der Waals surface area (Å²) >= 11 is 3.19. The number of hydrogen-bond donors (Lipinski definition) is 3. The molecule has 0 radical (unpaired) electrons. The lowest BCUT2D eigenvalue weighted by Gasteiger charge is -2.14. The van der Waals surface area contributed by atoms with Crippen LogP contribution in [0.25, 0.3) is 0 Å². The molecule has 1 saturated heterocycles. The van der Waals surface area contributed by atoms with Gasteiger partial charge in [-0.25, -0.2) is 9.37 Å². The fraction of sp³-hybridized carbons (Fsp3) is 0.455. The van der Waals surface area contributed by atoms with Gasteiger partial charge in [0.2, 0.25) is 5.91 Å². The quantitative estimate of drug-likeness (QED) is 0.722. The number of hydrogen-bond acceptors (Lipinski definition) is 4. The Labute approximate surface area is 112 Å². The summed E-state index contributed by atoms with van der Waals surface area (Å²) in [4.78, 5) is 15.9. The zero-order chi connectivity index (χ0) is 13.2. The number of aliphatic hydroxyl groups is 1. The van der Waals surface area contributed by atoms with Crippen molar-refractivity contribution in [1.82, 2.24) is 10.3 Å². The maximum Gasteiger partial charge on any atom is 0.242 e. The lowest BCUT2D eigenvalue weighted by Crippen LogP contribution is -2.35. The van der Waals surface area contributed by atoms with Crippen molar-refractivity contribution in [3.63, 3.8) is 0 Å². The van der Waals surface area contributed by atoms with Crippen LogP contribution in [0.2, 0.25) is 0 Å². The van der Waals surface area contributed by atoms with Gasteiger partial charge >= 0.3 is 0 Å². The van der Waals surface area contributed by atoms with Gasteiger partial charge in [0.05, 0.1) is 12.6 Å². The summed E-state index contributed by atoms with van der Waals surface area (Å²) in [6.45, 7) is -0.605. The number of halogens is 2. The van der Waals surface area contributed by atoms with Crippen molar-refractivity contribution in [3.05, 3.63) is 22.8 Å². The smallest absolute Gasteiger partial charge is 0.242 e. The molecule has 2 heterocycles. The number of carbonyl (C=O) groups is 1. The molecule has 0 spiro atoms. The van der Waals surface area contributed by atoms with Crippen LogP contribution >= 0.6 is 15.9 Å². The number of nitrogens with zero attached hydrogens (tertiary/aromatic N) is 1. The molecule has 1 aliphatic rings. The van der Waals surface area contributed by atoms with Crippen LogP contribution in [-0.2, 0) is 4.79 Å². The molecule has 0 aliphatic carbocycles. The molecule has 2 atom stereocenters. The predicted octanol–water partition coefficient (Wildman–Crippen LogP) is 0.845. The summed E-state index contributed by atoms with van der Waals surface area (Å²) in [7, 11) is 0. The third-order valence-electron chi connectivity index (χ3n) is 2.80. The Balaban J connectivity index is 1.97. The molecular weight excluding hydrogens is 305 g/mol. The standard InChI is InChI=1S/C11H13BrFN3O2/c12-8-2-1-3-9(15-8)16-10(18)7-4-11(13,6-17)5-14-7/h1-3,7,14,17H,4-6H2,(H,15,16,18)/t7-,11+/m0/s1. The van der Waals surface area contributed by atoms with Crippen LogP contribution in [0, 0.1) is 0 Å². The van der Waals surface area contributed by atoms with Crippen LogP contribution in [0.3, 0.4) is 0 Å². The van der Waals surface area contributed by atoms with Crippen molar-refractivity contribution in [3.8, 4) is 0 Å². The van der Waals surface area contributed by atoms with Crippen molar-refractivity contribution in [2.75, 3.05) is 18.5 Å². The fourth-order valence-electron chi connectivity index (χ4n) is 1.81. The molecule has 0 aromatic carbocycles. The average molecular weight is 318 g/mol. The molecule has 1 amide bonds. The minimum atomic E-state index is -1.72. The van der Waals surface area contributed by atoms with Crippen molar-refractivity contribution in [2.24, 2.45) is 0 Å². The number of alkyl halides is 1. The number of amides is 1. The number of anilines is 1. The first-order chi connectivity index (χ1) is 8.52. The summed E-state index contributed by atoms with van der Waals surface area (Å²) in [6.07, 6.45) is -0.0384. The molecule has 3 N–H and O–H groups in total. The van der Waals surface area contributed by atoms with E-state index in [2.05, 4.69) is 31.5 Å². The molecule has 1 aromatic rings.